The van der Waals surface area contributed by atoms with E-state index >= 15 is 0 Å². The van der Waals surface area contributed by atoms with Crippen molar-refractivity contribution in [2.24, 2.45) is 0 Å². The molecule has 202 valence electrons. The molecular weight excluding hydrogens is 517 g/mol. The van der Waals surface area contributed by atoms with E-state index in [1.54, 1.807) is 50.7 Å². The number of hydrogen-bond donors (Lipinski definition) is 3. The summed E-state index contributed by atoms with van der Waals surface area (Å²) in [5, 5.41) is 6.76. The van der Waals surface area contributed by atoms with Crippen molar-refractivity contribution in [3.05, 3.63) is 47.5 Å². The van der Waals surface area contributed by atoms with Crippen LogP contribution in [0, 0.1) is 0 Å². The maximum atomic E-state index is 14.2. The fraction of sp³-hybridized carbons (Fsp3) is 0.500. The molecule has 0 saturated heterocycles. The van der Waals surface area contributed by atoms with Gasteiger partial charge in [-0.1, -0.05) is 23.7 Å². The number of nitrogen functional groups attached to an aromatic ring is 1. The monoisotopic (exact) mass is 551 g/mol. The average molecular weight is 552 g/mol. The second kappa shape index (κ2) is 11.9. The first-order valence-electron chi connectivity index (χ1n) is 12.0. The molecule has 0 saturated carbocycles. The zero-order chi connectivity index (χ0) is 27.4. The Bertz CT molecular complexity index is 1270. The van der Waals surface area contributed by atoms with Crippen molar-refractivity contribution < 1.29 is 18.8 Å². The van der Waals surface area contributed by atoms with Crippen molar-refractivity contribution in [3.63, 3.8) is 0 Å². The first kappa shape index (κ1) is 29.0. The first-order valence-corrected chi connectivity index (χ1v) is 14.2. The predicted molar refractivity (Wildman–Crippen MR) is 144 cm³/mol. The lowest BCUT2D eigenvalue weighted by atomic mass is 10.1. The molecular formula is C24H35ClN7O4P. The number of anilines is 1. The van der Waals surface area contributed by atoms with Gasteiger partial charge in [-0.3, -0.25) is 9.36 Å². The average Bonchev–Trinajstić information content (AvgIpc) is 3.21. The van der Waals surface area contributed by atoms with Crippen LogP contribution in [0.25, 0.3) is 11.2 Å². The Balaban J connectivity index is 1.77. The van der Waals surface area contributed by atoms with Crippen LogP contribution < -0.4 is 15.9 Å². The van der Waals surface area contributed by atoms with E-state index in [4.69, 9.17) is 26.8 Å². The van der Waals surface area contributed by atoms with E-state index in [0.717, 1.165) is 5.56 Å². The zero-order valence-corrected chi connectivity index (χ0v) is 23.6. The molecule has 3 atom stereocenters. The van der Waals surface area contributed by atoms with E-state index in [1.165, 1.54) is 6.33 Å². The Morgan fingerprint density at radius 1 is 1.16 bits per heavy atom. The van der Waals surface area contributed by atoms with Crippen LogP contribution in [0.5, 0.6) is 0 Å². The molecule has 2 heterocycles. The maximum absolute atomic E-state index is 14.2. The molecule has 13 heteroatoms. The summed E-state index contributed by atoms with van der Waals surface area (Å²) in [6.07, 6.45) is 2.11. The van der Waals surface area contributed by atoms with Gasteiger partial charge in [-0.05, 0) is 59.2 Å². The molecule has 0 amide bonds. The van der Waals surface area contributed by atoms with Crippen LogP contribution in [0.15, 0.2) is 36.9 Å². The third kappa shape index (κ3) is 7.72. The number of aromatic nitrogens is 4. The van der Waals surface area contributed by atoms with Crippen molar-refractivity contribution >= 4 is 42.0 Å². The number of benzene rings is 1. The van der Waals surface area contributed by atoms with Gasteiger partial charge in [-0.2, -0.15) is 0 Å². The molecule has 2 aromatic heterocycles. The summed E-state index contributed by atoms with van der Waals surface area (Å²) in [5.41, 5.74) is 6.60. The number of ether oxygens (including phenoxy) is 2. The molecule has 0 aliphatic heterocycles. The minimum atomic E-state index is -3.50. The maximum Gasteiger partial charge on any atom is 0.326 e. The number of imidazole rings is 1. The largest absolute Gasteiger partial charge is 0.462 e. The number of halogens is 1. The van der Waals surface area contributed by atoms with Crippen molar-refractivity contribution in [2.45, 2.75) is 71.9 Å². The van der Waals surface area contributed by atoms with Gasteiger partial charge in [0.2, 0.25) is 7.44 Å². The number of nitrogens with one attached hydrogen (secondary N) is 2. The highest BCUT2D eigenvalue weighted by Crippen LogP contribution is 2.42. The number of esters is 1. The summed E-state index contributed by atoms with van der Waals surface area (Å²) in [6.45, 7) is 10.9. The minimum absolute atomic E-state index is 0.186. The van der Waals surface area contributed by atoms with Crippen molar-refractivity contribution in [3.8, 4) is 0 Å². The molecule has 1 aromatic carbocycles. The van der Waals surface area contributed by atoms with Gasteiger partial charge in [0.25, 0.3) is 0 Å². The van der Waals surface area contributed by atoms with Gasteiger partial charge in [-0.25, -0.2) is 25.1 Å². The first-order chi connectivity index (χ1) is 17.3. The van der Waals surface area contributed by atoms with Crippen LogP contribution in [-0.4, -0.2) is 49.6 Å². The lowest BCUT2D eigenvalue weighted by molar-refractivity contribution is -0.153. The number of carbonyl (C=O) groups is 1. The van der Waals surface area contributed by atoms with Crippen LogP contribution >= 0.6 is 19.0 Å². The van der Waals surface area contributed by atoms with Gasteiger partial charge in [0.15, 0.2) is 11.5 Å². The molecule has 0 bridgehead atoms. The number of carbonyl (C=O) groups excluding carboxylic acids is 1. The van der Waals surface area contributed by atoms with Crippen LogP contribution in [-0.2, 0) is 25.4 Å². The second-order valence-corrected chi connectivity index (χ2v) is 12.4. The third-order valence-corrected chi connectivity index (χ3v) is 8.00. The Hall–Kier alpha value is -2.56. The summed E-state index contributed by atoms with van der Waals surface area (Å²) in [4.78, 5) is 25.2. The number of nitrogens with two attached hydrogens (primary N) is 1. The minimum Gasteiger partial charge on any atom is -0.462 e. The summed E-state index contributed by atoms with van der Waals surface area (Å²) >= 11 is 6.02. The van der Waals surface area contributed by atoms with Crippen molar-refractivity contribution in [2.75, 3.05) is 12.1 Å². The fourth-order valence-electron chi connectivity index (χ4n) is 3.69. The molecule has 3 aromatic rings. The van der Waals surface area contributed by atoms with E-state index in [1.807, 2.05) is 26.0 Å². The highest BCUT2D eigenvalue weighted by atomic mass is 35.5. The van der Waals surface area contributed by atoms with Crippen molar-refractivity contribution in [1.29, 1.82) is 0 Å². The SMILES string of the molecule is CC(C)OC(=O)C(C)(C)NP(=O)(CO[C@H](C)Cn1cnc2c(N)ncnc21)N[C@H](C)c1ccc(Cl)cc1. The van der Waals surface area contributed by atoms with Gasteiger partial charge >= 0.3 is 5.97 Å². The van der Waals surface area contributed by atoms with E-state index in [-0.39, 0.29) is 24.6 Å². The number of hydrogen-bond acceptors (Lipinski definition) is 8. The lowest BCUT2D eigenvalue weighted by Crippen LogP contribution is -2.49. The van der Waals surface area contributed by atoms with Gasteiger partial charge in [0.1, 0.15) is 23.7 Å². The Morgan fingerprint density at radius 3 is 2.49 bits per heavy atom. The molecule has 37 heavy (non-hydrogen) atoms. The van der Waals surface area contributed by atoms with Gasteiger partial charge < -0.3 is 19.8 Å². The third-order valence-electron chi connectivity index (χ3n) is 5.51. The van der Waals surface area contributed by atoms with E-state index in [9.17, 15) is 9.36 Å². The normalized spacial score (nSPS) is 15.5. The predicted octanol–water partition coefficient (Wildman–Crippen LogP) is 4.29. The molecule has 0 radical (unpaired) electrons. The highest BCUT2D eigenvalue weighted by Gasteiger charge is 2.39. The van der Waals surface area contributed by atoms with E-state index in [0.29, 0.717) is 28.5 Å². The number of rotatable bonds is 12. The summed E-state index contributed by atoms with van der Waals surface area (Å²) in [6, 6.07) is 6.90. The van der Waals surface area contributed by atoms with E-state index in [2.05, 4.69) is 25.1 Å². The molecule has 4 N–H and O–H groups in total. The zero-order valence-electron chi connectivity index (χ0n) is 21.9. The highest BCUT2D eigenvalue weighted by molar-refractivity contribution is 7.59. The van der Waals surface area contributed by atoms with Crippen LogP contribution in [0.3, 0.4) is 0 Å². The Labute approximate surface area is 222 Å². The number of fused-ring (bicyclic) bond motifs is 1. The Morgan fingerprint density at radius 2 is 1.84 bits per heavy atom. The van der Waals surface area contributed by atoms with Crippen LogP contribution in [0.4, 0.5) is 5.82 Å². The Kier molecular flexibility index (Phi) is 9.31. The van der Waals surface area contributed by atoms with Crippen LogP contribution in [0.1, 0.15) is 53.1 Å². The lowest BCUT2D eigenvalue weighted by Gasteiger charge is -2.33. The smallest absolute Gasteiger partial charge is 0.326 e. The molecule has 1 unspecified atom stereocenters. The van der Waals surface area contributed by atoms with Crippen LogP contribution in [0.2, 0.25) is 5.02 Å². The molecule has 0 aliphatic carbocycles. The molecule has 0 aliphatic rings. The quantitative estimate of drug-likeness (QED) is 0.220. The fourth-order valence-corrected chi connectivity index (χ4v) is 6.26. The topological polar surface area (TPSA) is 146 Å². The van der Waals surface area contributed by atoms with Crippen molar-refractivity contribution in [1.82, 2.24) is 29.7 Å². The van der Waals surface area contributed by atoms with E-state index < -0.39 is 19.0 Å². The molecule has 11 nitrogen and oxygen atoms in total. The van der Waals surface area contributed by atoms with Gasteiger partial charge in [0.05, 0.1) is 25.1 Å². The number of nitrogens with zero attached hydrogens (tertiary/aromatic N) is 4. The summed E-state index contributed by atoms with van der Waals surface area (Å²) < 4.78 is 27.4. The second-order valence-electron chi connectivity index (χ2n) is 9.77. The summed E-state index contributed by atoms with van der Waals surface area (Å²) in [5.74, 6) is -0.221. The molecule has 0 spiro atoms. The summed E-state index contributed by atoms with van der Waals surface area (Å²) in [7, 11) is -3.50. The molecule has 3 rings (SSSR count). The van der Waals surface area contributed by atoms with Gasteiger partial charge in [0, 0.05) is 11.1 Å². The standard InChI is InChI=1S/C24H35ClN7O4P/c1-15(2)36-23(33)24(5,6)31-37(34,30-17(4)18-7-9-19(25)10-8-18)14-35-16(3)11-32-13-29-20-21(26)27-12-28-22(20)32/h7-10,12-13,15-17H,11,14H2,1-6H3,(H2,26,27,28)(H2,30,31,34)/t16-,17-,37?/m1/s1. The van der Waals surface area contributed by atoms with Gasteiger partial charge in [-0.15, -0.1) is 0 Å². The molecule has 0 fully saturated rings.